The van der Waals surface area contributed by atoms with Crippen molar-refractivity contribution in [3.63, 3.8) is 0 Å². The van der Waals surface area contributed by atoms with Gasteiger partial charge in [0, 0.05) is 47.3 Å². The van der Waals surface area contributed by atoms with Gasteiger partial charge in [0.2, 0.25) is 5.95 Å². The number of benzene rings is 6. The molecule has 6 aromatic carbocycles. The third-order valence-corrected chi connectivity index (χ3v) is 9.09. The van der Waals surface area contributed by atoms with E-state index in [0.29, 0.717) is 22.3 Å². The molecule has 0 aliphatic carbocycles. The summed E-state index contributed by atoms with van der Waals surface area (Å²) in [4.78, 5) is 14.7. The van der Waals surface area contributed by atoms with Crippen molar-refractivity contribution in [1.29, 1.82) is 0 Å². The molecule has 0 aliphatic rings. The van der Waals surface area contributed by atoms with Crippen molar-refractivity contribution >= 4 is 75.3 Å². The summed E-state index contributed by atoms with van der Waals surface area (Å²) in [6, 6.07) is 18.1. The molecular weight excluding hydrogens is 573 g/mol. The molecule has 10 aromatic rings. The Morgan fingerprint density at radius 1 is 0.600 bits per heavy atom. The van der Waals surface area contributed by atoms with Crippen LogP contribution in [-0.2, 0) is 0 Å². The van der Waals surface area contributed by atoms with Crippen molar-refractivity contribution < 1.29 is 18.1 Å². The maximum Gasteiger partial charge on any atom is 0.238 e. The van der Waals surface area contributed by atoms with Crippen LogP contribution in [0.25, 0.3) is 92.6 Å². The zero-order valence-corrected chi connectivity index (χ0v) is 23.9. The van der Waals surface area contributed by atoms with E-state index in [2.05, 4.69) is 0 Å². The minimum atomic E-state index is -0.532. The second-order valence-corrected chi connectivity index (χ2v) is 11.5. The fourth-order valence-electron chi connectivity index (χ4n) is 6.00. The highest BCUT2D eigenvalue weighted by atomic mass is 32.1. The predicted octanol–water partition coefficient (Wildman–Crippen LogP) is 10.6. The lowest BCUT2D eigenvalue weighted by molar-refractivity contribution is 0.669. The monoisotopic (exact) mass is 604 g/mol. The molecule has 5 nitrogen and oxygen atoms in total. The lowest BCUT2D eigenvalue weighted by Gasteiger charge is -2.11. The van der Waals surface area contributed by atoms with Gasteiger partial charge in [-0.1, -0.05) is 103 Å². The fourth-order valence-corrected chi connectivity index (χ4v) is 7.12. The zero-order chi connectivity index (χ0) is 38.2. The number of fused-ring (bicyclic) bond motifs is 10. The first-order valence-corrected chi connectivity index (χ1v) is 14.9. The van der Waals surface area contributed by atoms with E-state index in [4.69, 9.17) is 29.0 Å². The third kappa shape index (κ3) is 3.57. The van der Waals surface area contributed by atoms with Gasteiger partial charge in [0.05, 0.1) is 30.3 Å². The molecule has 6 heteroatoms. The Balaban J connectivity index is 1.41. The summed E-state index contributed by atoms with van der Waals surface area (Å²) >= 11 is 0.983. The molecule has 45 heavy (non-hydrogen) atoms. The van der Waals surface area contributed by atoms with Gasteiger partial charge in [-0.25, -0.2) is 4.98 Å². The molecule has 210 valence electrons. The van der Waals surface area contributed by atoms with Gasteiger partial charge in [0.1, 0.15) is 11.2 Å². The topological polar surface area (TPSA) is 56.7 Å². The summed E-state index contributed by atoms with van der Waals surface area (Å²) < 4.78 is 96.8. The van der Waals surface area contributed by atoms with Crippen LogP contribution >= 0.6 is 11.3 Å². The Kier molecular flexibility index (Phi) is 3.49. The summed E-state index contributed by atoms with van der Waals surface area (Å²) in [6.45, 7) is 0. The van der Waals surface area contributed by atoms with E-state index in [1.807, 2.05) is 72.8 Å². The van der Waals surface area contributed by atoms with E-state index >= 15 is 0 Å². The van der Waals surface area contributed by atoms with Crippen LogP contribution in [0, 0.1) is 0 Å². The Morgan fingerprint density at radius 2 is 1.38 bits per heavy atom. The molecular formula is C39H22N4OS. The summed E-state index contributed by atoms with van der Waals surface area (Å²) in [5.74, 6) is 0.335. The number of thiophene rings is 1. The third-order valence-electron chi connectivity index (χ3n) is 7.97. The quantitative estimate of drug-likeness (QED) is 0.201. The number of hydrogen-bond donors (Lipinski definition) is 0. The highest BCUT2D eigenvalue weighted by Gasteiger charge is 2.22. The van der Waals surface area contributed by atoms with E-state index < -0.39 is 36.3 Å². The molecule has 0 unspecified atom stereocenters. The van der Waals surface area contributed by atoms with Gasteiger partial charge in [-0.3, -0.25) is 4.57 Å². The van der Waals surface area contributed by atoms with Crippen LogP contribution in [0.4, 0.5) is 0 Å². The number of rotatable bonds is 3. The van der Waals surface area contributed by atoms with E-state index in [0.717, 1.165) is 22.1 Å². The van der Waals surface area contributed by atoms with Gasteiger partial charge >= 0.3 is 0 Å². The van der Waals surface area contributed by atoms with Crippen LogP contribution in [0.15, 0.2) is 138 Å². The summed E-state index contributed by atoms with van der Waals surface area (Å²) in [5, 5.41) is 2.10. The zero-order valence-electron chi connectivity index (χ0n) is 33.0. The minimum absolute atomic E-state index is 0.0134. The average Bonchev–Trinajstić information content (AvgIpc) is 3.90. The van der Waals surface area contributed by atoms with Gasteiger partial charge in [-0.2, -0.15) is 9.97 Å². The molecule has 0 saturated carbocycles. The molecule has 0 N–H and O–H groups in total. The Labute approximate surface area is 274 Å². The molecule has 0 amide bonds. The number of aromatic nitrogens is 4. The van der Waals surface area contributed by atoms with Crippen LogP contribution in [0.2, 0.25) is 0 Å². The van der Waals surface area contributed by atoms with E-state index in [-0.39, 0.29) is 83.7 Å². The predicted molar refractivity (Wildman–Crippen MR) is 185 cm³/mol. The summed E-state index contributed by atoms with van der Waals surface area (Å²) in [5.41, 5.74) is 2.30. The molecule has 10 rings (SSSR count). The molecule has 0 saturated heterocycles. The normalized spacial score (nSPS) is 15.1. The van der Waals surface area contributed by atoms with Crippen molar-refractivity contribution in [2.24, 2.45) is 0 Å². The molecule has 0 fully saturated rings. The second-order valence-electron chi connectivity index (χ2n) is 10.5. The molecule has 4 aromatic heterocycles. The highest BCUT2D eigenvalue weighted by Crippen LogP contribution is 2.43. The first-order chi connectivity index (χ1) is 26.5. The van der Waals surface area contributed by atoms with Crippen molar-refractivity contribution in [1.82, 2.24) is 19.5 Å². The van der Waals surface area contributed by atoms with Crippen LogP contribution in [-0.4, -0.2) is 19.5 Å². The summed E-state index contributed by atoms with van der Waals surface area (Å²) in [7, 11) is 0. The first kappa shape index (κ1) is 16.9. The Morgan fingerprint density at radius 3 is 2.31 bits per heavy atom. The van der Waals surface area contributed by atoms with Crippen molar-refractivity contribution in [3.8, 4) is 28.7 Å². The number of nitrogens with zero attached hydrogens (tertiary/aromatic N) is 4. The van der Waals surface area contributed by atoms with Gasteiger partial charge in [0.25, 0.3) is 0 Å². The van der Waals surface area contributed by atoms with Crippen LogP contribution in [0.5, 0.6) is 0 Å². The van der Waals surface area contributed by atoms with Crippen LogP contribution in [0.3, 0.4) is 0 Å². The standard InChI is InChI=1S/C39H22N4OS/c1-2-11-23(12-3-1)37-40-38(29-17-10-16-26-24-13-5-8-19-32(24)44-35(26)29)42-39(41-37)43-30-18-7-4-15-28(30)34-31(43)22-21-27-25-14-6-9-20-33(25)45-36(27)34/h1-22H/i4D,6D,7D,9D,14D,15D,18D,20D,21D,22D. The smallest absolute Gasteiger partial charge is 0.238 e. The molecule has 0 radical (unpaired) electrons. The molecule has 0 atom stereocenters. The Bertz CT molecular complexity index is 3340. The SMILES string of the molecule is [2H]c1c([2H])c([2H])c2c(sc3c2c([2H])c([2H])c2c3c3c([2H])c([2H])c([2H])c([2H])c3n2-c2nc(-c3ccccc3)nc(-c3cccc4c3oc3ccccc34)n2)c1[2H]. The van der Waals surface area contributed by atoms with Gasteiger partial charge < -0.3 is 4.42 Å². The fraction of sp³-hybridized carbons (Fsp3) is 0. The van der Waals surface area contributed by atoms with E-state index in [9.17, 15) is 4.11 Å². The van der Waals surface area contributed by atoms with Gasteiger partial charge in [-0.15, -0.1) is 11.3 Å². The maximum atomic E-state index is 9.48. The van der Waals surface area contributed by atoms with Crippen LogP contribution < -0.4 is 0 Å². The Hall–Kier alpha value is -5.85. The maximum absolute atomic E-state index is 9.48. The molecule has 4 heterocycles. The van der Waals surface area contributed by atoms with Crippen molar-refractivity contribution in [2.45, 2.75) is 0 Å². The van der Waals surface area contributed by atoms with Gasteiger partial charge in [-0.05, 0) is 30.3 Å². The highest BCUT2D eigenvalue weighted by molar-refractivity contribution is 7.26. The lowest BCUT2D eigenvalue weighted by atomic mass is 10.1. The average molecular weight is 605 g/mol. The van der Waals surface area contributed by atoms with E-state index in [1.54, 1.807) is 0 Å². The molecule has 0 aliphatic heterocycles. The van der Waals surface area contributed by atoms with Crippen molar-refractivity contribution in [2.75, 3.05) is 0 Å². The van der Waals surface area contributed by atoms with E-state index in [1.165, 1.54) is 4.57 Å². The van der Waals surface area contributed by atoms with Crippen molar-refractivity contribution in [3.05, 3.63) is 133 Å². The number of para-hydroxylation sites is 3. The number of furan rings is 1. The minimum Gasteiger partial charge on any atom is -0.455 e. The molecule has 0 spiro atoms. The summed E-state index contributed by atoms with van der Waals surface area (Å²) in [6.07, 6.45) is 0. The molecule has 0 bridgehead atoms. The van der Waals surface area contributed by atoms with Gasteiger partial charge in [0.15, 0.2) is 11.6 Å². The van der Waals surface area contributed by atoms with Crippen LogP contribution in [0.1, 0.15) is 13.7 Å². The second kappa shape index (κ2) is 9.32. The largest absolute Gasteiger partial charge is 0.455 e. The number of hydrogen-bond acceptors (Lipinski definition) is 5. The first-order valence-electron chi connectivity index (χ1n) is 19.1. The lowest BCUT2D eigenvalue weighted by Crippen LogP contribution is -2.06.